The number of ether oxygens (including phenoxy) is 1. The molecule has 4 heteroatoms. The molecule has 0 fully saturated rings. The van der Waals surface area contributed by atoms with Crippen molar-refractivity contribution in [2.45, 2.75) is 19.6 Å². The minimum absolute atomic E-state index is 0.212. The highest BCUT2D eigenvalue weighted by Crippen LogP contribution is 2.22. The van der Waals surface area contributed by atoms with Crippen LogP contribution < -0.4 is 5.32 Å². The molecule has 104 valence electrons. The van der Waals surface area contributed by atoms with E-state index in [1.54, 1.807) is 25.1 Å². The second-order valence-corrected chi connectivity index (χ2v) is 4.45. The van der Waals surface area contributed by atoms with Crippen molar-refractivity contribution < 1.29 is 14.6 Å². The molecular formula is C16H17NO3. The number of hydrogen-bond donors (Lipinski definition) is 2. The van der Waals surface area contributed by atoms with Gasteiger partial charge in [-0.15, -0.1) is 0 Å². The third kappa shape index (κ3) is 3.83. The molecule has 0 radical (unpaired) electrons. The molecule has 0 saturated heterocycles. The second-order valence-electron chi connectivity index (χ2n) is 4.45. The molecule has 2 rings (SSSR count). The van der Waals surface area contributed by atoms with Crippen LogP contribution in [0.25, 0.3) is 0 Å². The van der Waals surface area contributed by atoms with E-state index in [2.05, 4.69) is 5.32 Å². The third-order valence-electron chi connectivity index (χ3n) is 2.86. The number of para-hydroxylation sites is 1. The maximum absolute atomic E-state index is 11.7. The molecule has 0 aliphatic carbocycles. The number of benzene rings is 2. The predicted octanol–water partition coefficient (Wildman–Crippen LogP) is 3.49. The van der Waals surface area contributed by atoms with Crippen molar-refractivity contribution in [3.05, 3.63) is 65.7 Å². The molecule has 1 atom stereocenters. The number of nitrogens with one attached hydrogen (secondary N) is 1. The Bertz CT molecular complexity index is 567. The Hall–Kier alpha value is -2.33. The Balaban J connectivity index is 1.95. The van der Waals surface area contributed by atoms with Gasteiger partial charge in [-0.1, -0.05) is 48.5 Å². The minimum atomic E-state index is -0.652. The van der Waals surface area contributed by atoms with Gasteiger partial charge in [-0.3, -0.25) is 5.32 Å². The molecule has 0 spiro atoms. The quantitative estimate of drug-likeness (QED) is 0.895. The molecule has 0 saturated carbocycles. The van der Waals surface area contributed by atoms with Crippen LogP contribution in [0.15, 0.2) is 54.6 Å². The Kier molecular flexibility index (Phi) is 4.74. The van der Waals surface area contributed by atoms with E-state index < -0.39 is 12.2 Å². The van der Waals surface area contributed by atoms with Crippen molar-refractivity contribution in [2.24, 2.45) is 0 Å². The molecule has 1 amide bonds. The van der Waals surface area contributed by atoms with Crippen LogP contribution in [0.4, 0.5) is 10.5 Å². The van der Waals surface area contributed by atoms with Crippen LogP contribution in [-0.4, -0.2) is 11.2 Å². The zero-order valence-electron chi connectivity index (χ0n) is 11.2. The van der Waals surface area contributed by atoms with Gasteiger partial charge in [-0.25, -0.2) is 4.79 Å². The lowest BCUT2D eigenvalue weighted by molar-refractivity contribution is 0.155. The first-order valence-electron chi connectivity index (χ1n) is 6.41. The average Bonchev–Trinajstić information content (AvgIpc) is 2.46. The highest BCUT2D eigenvalue weighted by Gasteiger charge is 2.10. The Morgan fingerprint density at radius 3 is 2.50 bits per heavy atom. The van der Waals surface area contributed by atoms with Crippen molar-refractivity contribution in [1.29, 1.82) is 0 Å². The topological polar surface area (TPSA) is 58.6 Å². The number of aliphatic hydroxyl groups excluding tert-OH is 1. The lowest BCUT2D eigenvalue weighted by Crippen LogP contribution is -2.15. The lowest BCUT2D eigenvalue weighted by atomic mass is 10.1. The SMILES string of the molecule is CC(O)c1ccccc1NC(=O)OCc1ccccc1. The first kappa shape index (κ1) is 14.1. The minimum Gasteiger partial charge on any atom is -0.444 e. The number of amides is 1. The summed E-state index contributed by atoms with van der Waals surface area (Å²) in [6.45, 7) is 1.86. The maximum Gasteiger partial charge on any atom is 0.411 e. The van der Waals surface area contributed by atoms with Crippen LogP contribution in [-0.2, 0) is 11.3 Å². The van der Waals surface area contributed by atoms with E-state index in [1.807, 2.05) is 36.4 Å². The molecule has 20 heavy (non-hydrogen) atoms. The second kappa shape index (κ2) is 6.73. The standard InChI is InChI=1S/C16H17NO3/c1-12(18)14-9-5-6-10-15(14)17-16(19)20-11-13-7-3-2-4-8-13/h2-10,12,18H,11H2,1H3,(H,17,19). The zero-order valence-corrected chi connectivity index (χ0v) is 11.2. The van der Waals surface area contributed by atoms with Crippen LogP contribution in [0.5, 0.6) is 0 Å². The number of aliphatic hydroxyl groups is 1. The molecular weight excluding hydrogens is 254 g/mol. The fourth-order valence-corrected chi connectivity index (χ4v) is 1.84. The molecule has 1 unspecified atom stereocenters. The van der Waals surface area contributed by atoms with Crippen molar-refractivity contribution in [3.8, 4) is 0 Å². The van der Waals surface area contributed by atoms with E-state index in [9.17, 15) is 9.90 Å². The number of anilines is 1. The van der Waals surface area contributed by atoms with Crippen molar-refractivity contribution in [1.82, 2.24) is 0 Å². The van der Waals surface area contributed by atoms with Gasteiger partial charge in [-0.05, 0) is 18.6 Å². The van der Waals surface area contributed by atoms with Gasteiger partial charge in [0.25, 0.3) is 0 Å². The summed E-state index contributed by atoms with van der Waals surface area (Å²) in [5.74, 6) is 0. The van der Waals surface area contributed by atoms with Crippen LogP contribution >= 0.6 is 0 Å². The summed E-state index contributed by atoms with van der Waals surface area (Å²) >= 11 is 0. The Morgan fingerprint density at radius 2 is 1.80 bits per heavy atom. The maximum atomic E-state index is 11.7. The van der Waals surface area contributed by atoms with Crippen LogP contribution in [0.1, 0.15) is 24.2 Å². The summed E-state index contributed by atoms with van der Waals surface area (Å²) in [7, 11) is 0. The van der Waals surface area contributed by atoms with Crippen LogP contribution in [0, 0.1) is 0 Å². The van der Waals surface area contributed by atoms with Gasteiger partial charge in [0.15, 0.2) is 0 Å². The summed E-state index contributed by atoms with van der Waals surface area (Å²) in [6, 6.07) is 16.5. The van der Waals surface area contributed by atoms with Gasteiger partial charge in [-0.2, -0.15) is 0 Å². The van der Waals surface area contributed by atoms with Crippen LogP contribution in [0.2, 0.25) is 0 Å². The number of hydrogen-bond acceptors (Lipinski definition) is 3. The third-order valence-corrected chi connectivity index (χ3v) is 2.86. The van der Waals surface area contributed by atoms with Crippen molar-refractivity contribution in [2.75, 3.05) is 5.32 Å². The first-order valence-corrected chi connectivity index (χ1v) is 6.41. The first-order chi connectivity index (χ1) is 9.66. The summed E-state index contributed by atoms with van der Waals surface area (Å²) in [5, 5.41) is 12.3. The summed E-state index contributed by atoms with van der Waals surface area (Å²) in [4.78, 5) is 11.7. The fourth-order valence-electron chi connectivity index (χ4n) is 1.84. The average molecular weight is 271 g/mol. The van der Waals surface area contributed by atoms with E-state index in [0.29, 0.717) is 11.3 Å². The highest BCUT2D eigenvalue weighted by atomic mass is 16.5. The monoisotopic (exact) mass is 271 g/mol. The molecule has 0 aliphatic rings. The smallest absolute Gasteiger partial charge is 0.411 e. The van der Waals surface area contributed by atoms with Crippen molar-refractivity contribution in [3.63, 3.8) is 0 Å². The Morgan fingerprint density at radius 1 is 1.15 bits per heavy atom. The zero-order chi connectivity index (χ0) is 14.4. The molecule has 0 aliphatic heterocycles. The van der Waals surface area contributed by atoms with Gasteiger partial charge in [0.2, 0.25) is 0 Å². The molecule has 2 aromatic carbocycles. The van der Waals surface area contributed by atoms with Crippen molar-refractivity contribution >= 4 is 11.8 Å². The summed E-state index contributed by atoms with van der Waals surface area (Å²) in [5.41, 5.74) is 2.14. The fraction of sp³-hybridized carbons (Fsp3) is 0.188. The number of carbonyl (C=O) groups is 1. The van der Waals surface area contributed by atoms with Gasteiger partial charge in [0.05, 0.1) is 6.10 Å². The van der Waals surface area contributed by atoms with Gasteiger partial charge in [0.1, 0.15) is 6.61 Å². The lowest BCUT2D eigenvalue weighted by Gasteiger charge is -2.13. The van der Waals surface area contributed by atoms with E-state index in [4.69, 9.17) is 4.74 Å². The van der Waals surface area contributed by atoms with Gasteiger partial charge in [0, 0.05) is 11.3 Å². The molecule has 0 bridgehead atoms. The summed E-state index contributed by atoms with van der Waals surface area (Å²) < 4.78 is 5.14. The van der Waals surface area contributed by atoms with Gasteiger partial charge >= 0.3 is 6.09 Å². The molecule has 0 aromatic heterocycles. The van der Waals surface area contributed by atoms with Crippen LogP contribution in [0.3, 0.4) is 0 Å². The molecule has 0 heterocycles. The Labute approximate surface area is 118 Å². The predicted molar refractivity (Wildman–Crippen MR) is 77.3 cm³/mol. The normalized spacial score (nSPS) is 11.7. The number of carbonyl (C=O) groups excluding carboxylic acids is 1. The molecule has 2 aromatic rings. The molecule has 4 nitrogen and oxygen atoms in total. The van der Waals surface area contributed by atoms with E-state index in [-0.39, 0.29) is 6.61 Å². The summed E-state index contributed by atoms with van der Waals surface area (Å²) in [6.07, 6.45) is -1.19. The largest absolute Gasteiger partial charge is 0.444 e. The highest BCUT2D eigenvalue weighted by molar-refractivity contribution is 5.85. The number of rotatable bonds is 4. The van der Waals surface area contributed by atoms with E-state index >= 15 is 0 Å². The van der Waals surface area contributed by atoms with E-state index in [1.165, 1.54) is 0 Å². The van der Waals surface area contributed by atoms with E-state index in [0.717, 1.165) is 5.56 Å². The molecule has 2 N–H and O–H groups in total. The van der Waals surface area contributed by atoms with Gasteiger partial charge < -0.3 is 9.84 Å².